The van der Waals surface area contributed by atoms with E-state index in [0.29, 0.717) is 0 Å². The minimum Gasteiger partial charge on any atom is -0.855 e. The van der Waals surface area contributed by atoms with Crippen molar-refractivity contribution in [2.24, 2.45) is 0 Å². The first-order chi connectivity index (χ1) is 8.22. The summed E-state index contributed by atoms with van der Waals surface area (Å²) < 4.78 is 0. The van der Waals surface area contributed by atoms with E-state index in [1.165, 1.54) is 0 Å². The van der Waals surface area contributed by atoms with Crippen molar-refractivity contribution in [3.63, 3.8) is 0 Å². The fourth-order valence-electron chi connectivity index (χ4n) is 0. The van der Waals surface area contributed by atoms with Gasteiger partial charge in [-0.1, -0.05) is 26.7 Å². The van der Waals surface area contributed by atoms with Crippen LogP contribution in [-0.2, 0) is 36.1 Å². The zero-order valence-corrected chi connectivity index (χ0v) is 12.0. The Hall–Kier alpha value is -1.70. The molecule has 0 N–H and O–H groups in total. The molecule has 0 unspecified atom stereocenters. The maximum Gasteiger partial charge on any atom is 4.00 e. The van der Waals surface area contributed by atoms with E-state index in [9.17, 15) is 0 Å². The van der Waals surface area contributed by atoms with Gasteiger partial charge in [-0.2, -0.15) is 0 Å². The van der Waals surface area contributed by atoms with Crippen LogP contribution in [-0.4, -0.2) is 24.5 Å². The molecule has 0 aromatic heterocycles. The van der Waals surface area contributed by atoms with Crippen molar-refractivity contribution in [3.8, 4) is 0 Å². The number of carbonyl (C=O) groups excluding carboxylic acids is 3. The summed E-state index contributed by atoms with van der Waals surface area (Å²) in [7, 11) is 0. The second kappa shape index (κ2) is 29.9. The van der Waals surface area contributed by atoms with E-state index in [1.807, 2.05) is 0 Å². The average Bonchev–Trinajstić information content (AvgIpc) is 2.31. The van der Waals surface area contributed by atoms with Crippen LogP contribution in [0.15, 0.2) is 38.0 Å². The predicted molar refractivity (Wildman–Crippen MR) is 56.2 cm³/mol. The number of hydrogen-bond donors (Lipinski definition) is 0. The van der Waals surface area contributed by atoms with Gasteiger partial charge in [-0.05, 0) is 18.2 Å². The molecule has 0 aromatic carbocycles. The Balaban J connectivity index is -0.0000000458. The Morgan fingerprint density at radius 2 is 0.895 bits per heavy atom. The zero-order chi connectivity index (χ0) is 15.6. The van der Waals surface area contributed by atoms with Crippen molar-refractivity contribution in [2.45, 2.75) is 6.92 Å². The molecular formula is C11H14O7Ti. The Morgan fingerprint density at radius 1 is 0.842 bits per heavy atom. The molecule has 0 rings (SSSR count). The average molecular weight is 306 g/mol. The van der Waals surface area contributed by atoms with Crippen molar-refractivity contribution >= 4 is 17.9 Å². The van der Waals surface area contributed by atoms with E-state index in [1.54, 1.807) is 6.92 Å². The van der Waals surface area contributed by atoms with Gasteiger partial charge in [0.25, 0.3) is 0 Å². The summed E-state index contributed by atoms with van der Waals surface area (Å²) in [6.45, 7) is 10.3. The van der Waals surface area contributed by atoms with E-state index >= 15 is 0 Å². The molecular weight excluding hydrogens is 292 g/mol. The maximum absolute atomic E-state index is 9.14. The largest absolute Gasteiger partial charge is 4.00 e. The second-order valence-electron chi connectivity index (χ2n) is 1.86. The Kier molecular flexibility index (Phi) is 47.8. The predicted octanol–water partition coefficient (Wildman–Crippen LogP) is -3.87. The summed E-state index contributed by atoms with van der Waals surface area (Å²) in [6.07, 6.45) is 2.17. The molecule has 7 nitrogen and oxygen atoms in total. The SMILES string of the molecule is C=CC(=O)[O-].C=CC(=O)[O-].C=CC(=O)[O-].CC[O-].[Ti+4]. The van der Waals surface area contributed by atoms with Gasteiger partial charge in [0.2, 0.25) is 0 Å². The van der Waals surface area contributed by atoms with Gasteiger partial charge in [-0.3, -0.25) is 0 Å². The van der Waals surface area contributed by atoms with Gasteiger partial charge in [-0.15, -0.1) is 6.61 Å². The van der Waals surface area contributed by atoms with Crippen molar-refractivity contribution < 1.29 is 56.5 Å². The molecule has 0 atom stereocenters. The van der Waals surface area contributed by atoms with Crippen molar-refractivity contribution in [1.29, 1.82) is 0 Å². The summed E-state index contributed by atoms with van der Waals surface area (Å²) in [5.41, 5.74) is 0. The number of carbonyl (C=O) groups is 3. The molecule has 0 heterocycles. The van der Waals surface area contributed by atoms with Crippen molar-refractivity contribution in [2.75, 3.05) is 6.61 Å². The number of carboxylic acids is 3. The van der Waals surface area contributed by atoms with Crippen molar-refractivity contribution in [3.05, 3.63) is 38.0 Å². The monoisotopic (exact) mass is 306 g/mol. The van der Waals surface area contributed by atoms with Crippen LogP contribution in [0.2, 0.25) is 0 Å². The summed E-state index contributed by atoms with van der Waals surface area (Å²) in [5.74, 6) is -3.69. The summed E-state index contributed by atoms with van der Waals surface area (Å²) in [6, 6.07) is 0. The normalized spacial score (nSPS) is 6.00. The molecule has 8 heteroatoms. The Labute approximate surface area is 126 Å². The van der Waals surface area contributed by atoms with Crippen LogP contribution >= 0.6 is 0 Å². The summed E-state index contributed by atoms with van der Waals surface area (Å²) in [5, 5.41) is 36.3. The van der Waals surface area contributed by atoms with E-state index in [-0.39, 0.29) is 28.3 Å². The first kappa shape index (κ1) is 30.4. The number of rotatable bonds is 3. The van der Waals surface area contributed by atoms with Gasteiger partial charge in [0.15, 0.2) is 0 Å². The van der Waals surface area contributed by atoms with Crippen LogP contribution in [0.1, 0.15) is 6.92 Å². The van der Waals surface area contributed by atoms with Gasteiger partial charge in [0.1, 0.15) is 0 Å². The molecule has 0 saturated heterocycles. The third kappa shape index (κ3) is 180. The van der Waals surface area contributed by atoms with Gasteiger partial charge in [0.05, 0.1) is 17.9 Å². The maximum atomic E-state index is 9.14. The molecule has 0 aliphatic rings. The number of hydrogen-bond acceptors (Lipinski definition) is 7. The minimum atomic E-state index is -1.23. The van der Waals surface area contributed by atoms with Crippen LogP contribution in [0.3, 0.4) is 0 Å². The van der Waals surface area contributed by atoms with E-state index < -0.39 is 17.9 Å². The molecule has 0 saturated carbocycles. The van der Waals surface area contributed by atoms with E-state index in [0.717, 1.165) is 18.2 Å². The quantitative estimate of drug-likeness (QED) is 0.383. The van der Waals surface area contributed by atoms with Crippen molar-refractivity contribution in [1.82, 2.24) is 0 Å². The van der Waals surface area contributed by atoms with Gasteiger partial charge >= 0.3 is 21.7 Å². The molecule has 0 radical (unpaired) electrons. The molecule has 0 spiro atoms. The van der Waals surface area contributed by atoms with E-state index in [4.69, 9.17) is 34.8 Å². The molecule has 0 aliphatic heterocycles. The molecule has 104 valence electrons. The molecule has 19 heavy (non-hydrogen) atoms. The van der Waals surface area contributed by atoms with Gasteiger partial charge in [0, 0.05) is 0 Å². The summed E-state index contributed by atoms with van der Waals surface area (Å²) >= 11 is 0. The number of aliphatic carboxylic acids is 3. The second-order valence-corrected chi connectivity index (χ2v) is 1.86. The topological polar surface area (TPSA) is 143 Å². The minimum absolute atomic E-state index is 0. The molecule has 0 fully saturated rings. The Morgan fingerprint density at radius 3 is 0.895 bits per heavy atom. The third-order valence-corrected chi connectivity index (χ3v) is 0.500. The molecule has 0 aromatic rings. The molecule has 0 bridgehead atoms. The molecule has 0 amide bonds. The number of carboxylic acid groups (broad SMARTS) is 3. The first-order valence-corrected chi connectivity index (χ1v) is 4.31. The summed E-state index contributed by atoms with van der Waals surface area (Å²) in [4.78, 5) is 27.4. The van der Waals surface area contributed by atoms with Crippen LogP contribution in [0.4, 0.5) is 0 Å². The van der Waals surface area contributed by atoms with Crippen LogP contribution < -0.4 is 20.4 Å². The fraction of sp³-hybridized carbons (Fsp3) is 0.182. The van der Waals surface area contributed by atoms with Gasteiger partial charge < -0.3 is 34.8 Å². The van der Waals surface area contributed by atoms with Crippen LogP contribution in [0.25, 0.3) is 0 Å². The van der Waals surface area contributed by atoms with Crippen LogP contribution in [0.5, 0.6) is 0 Å². The van der Waals surface area contributed by atoms with Gasteiger partial charge in [-0.25, -0.2) is 0 Å². The van der Waals surface area contributed by atoms with Crippen LogP contribution in [0, 0.1) is 0 Å². The Bertz CT molecular complexity index is 231. The fourth-order valence-corrected chi connectivity index (χ4v) is 0. The first-order valence-electron chi connectivity index (χ1n) is 4.31. The zero-order valence-electron chi connectivity index (χ0n) is 10.4. The van der Waals surface area contributed by atoms with E-state index in [2.05, 4.69) is 19.7 Å². The standard InChI is InChI=1S/3C3H4O2.C2H5O.Ti/c3*1-2-3(4)5;1-2-3;/h3*2H,1H2,(H,4,5);2H2,1H3;/q;;;-1;+4/p-3. The smallest absolute Gasteiger partial charge is 0.855 e. The third-order valence-electron chi connectivity index (χ3n) is 0.500. The molecule has 0 aliphatic carbocycles.